The molecule has 1 aliphatic carbocycles. The molecular weight excluding hydrogens is 358 g/mol. The van der Waals surface area contributed by atoms with Gasteiger partial charge in [-0.3, -0.25) is 10.1 Å². The molecule has 2 fully saturated rings. The third kappa shape index (κ3) is 4.33. The standard InChI is InChI=1S/C17H25N3O5S/c21-20(22)15-6-7-16(18-13-14-4-2-1-3-5-14)17(12-15)26(23,24)19-8-10-25-11-9-19/h6-7,12,14,18H,1-5,8-11,13H2. The van der Waals surface area contributed by atoms with E-state index in [-0.39, 0.29) is 23.7 Å². The summed E-state index contributed by atoms with van der Waals surface area (Å²) in [5, 5.41) is 14.4. The third-order valence-electron chi connectivity index (χ3n) is 5.07. The fourth-order valence-corrected chi connectivity index (χ4v) is 5.15. The number of hydrogen-bond acceptors (Lipinski definition) is 6. The van der Waals surface area contributed by atoms with Crippen molar-refractivity contribution < 1.29 is 18.1 Å². The third-order valence-corrected chi connectivity index (χ3v) is 7.01. The lowest BCUT2D eigenvalue weighted by molar-refractivity contribution is -0.385. The van der Waals surface area contributed by atoms with Crippen molar-refractivity contribution in [1.82, 2.24) is 4.31 Å². The smallest absolute Gasteiger partial charge is 0.270 e. The van der Waals surface area contributed by atoms with Gasteiger partial charge >= 0.3 is 0 Å². The molecule has 1 saturated heterocycles. The number of nitrogens with one attached hydrogen (secondary N) is 1. The Morgan fingerprint density at radius 3 is 2.54 bits per heavy atom. The minimum atomic E-state index is -3.82. The summed E-state index contributed by atoms with van der Waals surface area (Å²) < 4.78 is 32.6. The van der Waals surface area contributed by atoms with Crippen LogP contribution in [0.25, 0.3) is 0 Å². The van der Waals surface area contributed by atoms with E-state index in [1.165, 1.54) is 35.7 Å². The van der Waals surface area contributed by atoms with Gasteiger partial charge in [-0.2, -0.15) is 4.31 Å². The monoisotopic (exact) mass is 383 g/mol. The SMILES string of the molecule is O=[N+]([O-])c1ccc(NCC2CCCCC2)c(S(=O)(=O)N2CCOCC2)c1. The maximum Gasteiger partial charge on any atom is 0.270 e. The number of morpholine rings is 1. The normalized spacial score (nSPS) is 20.0. The predicted molar refractivity (Wildman–Crippen MR) is 97.7 cm³/mol. The number of ether oxygens (including phenoxy) is 1. The summed E-state index contributed by atoms with van der Waals surface area (Å²) in [7, 11) is -3.82. The molecule has 0 aromatic heterocycles. The number of nitro benzene ring substituents is 1. The molecule has 1 saturated carbocycles. The van der Waals surface area contributed by atoms with Gasteiger partial charge in [0.1, 0.15) is 4.90 Å². The molecule has 0 unspecified atom stereocenters. The van der Waals surface area contributed by atoms with Crippen molar-refractivity contribution in [3.05, 3.63) is 28.3 Å². The quantitative estimate of drug-likeness (QED) is 0.598. The first-order valence-corrected chi connectivity index (χ1v) is 10.5. The second-order valence-corrected chi connectivity index (χ2v) is 8.75. The summed E-state index contributed by atoms with van der Waals surface area (Å²) in [6.07, 6.45) is 5.92. The Morgan fingerprint density at radius 1 is 1.19 bits per heavy atom. The first-order valence-electron chi connectivity index (χ1n) is 9.08. The molecule has 0 amide bonds. The van der Waals surface area contributed by atoms with E-state index >= 15 is 0 Å². The van der Waals surface area contributed by atoms with Gasteiger partial charge in [0.15, 0.2) is 0 Å². The first-order chi connectivity index (χ1) is 12.5. The summed E-state index contributed by atoms with van der Waals surface area (Å²) >= 11 is 0. The van der Waals surface area contributed by atoms with Gasteiger partial charge in [-0.25, -0.2) is 8.42 Å². The molecule has 1 N–H and O–H groups in total. The van der Waals surface area contributed by atoms with Crippen molar-refractivity contribution in [1.29, 1.82) is 0 Å². The summed E-state index contributed by atoms with van der Waals surface area (Å²) in [6.45, 7) is 1.86. The van der Waals surface area contributed by atoms with Crippen molar-refractivity contribution in [2.45, 2.75) is 37.0 Å². The van der Waals surface area contributed by atoms with E-state index in [9.17, 15) is 18.5 Å². The highest BCUT2D eigenvalue weighted by molar-refractivity contribution is 7.89. The maximum atomic E-state index is 13.0. The number of sulfonamides is 1. The van der Waals surface area contributed by atoms with Crippen LogP contribution in [0.15, 0.2) is 23.1 Å². The zero-order valence-electron chi connectivity index (χ0n) is 14.7. The Morgan fingerprint density at radius 2 is 1.88 bits per heavy atom. The number of benzene rings is 1. The summed E-state index contributed by atoms with van der Waals surface area (Å²) in [6, 6.07) is 4.02. The predicted octanol–water partition coefficient (Wildman–Crippen LogP) is 2.61. The van der Waals surface area contributed by atoms with Gasteiger partial charge in [-0.05, 0) is 24.8 Å². The first kappa shape index (κ1) is 19.1. The molecule has 0 spiro atoms. The van der Waals surface area contributed by atoms with Crippen LogP contribution < -0.4 is 5.32 Å². The lowest BCUT2D eigenvalue weighted by Gasteiger charge is -2.27. The minimum Gasteiger partial charge on any atom is -0.384 e. The molecule has 0 bridgehead atoms. The van der Waals surface area contributed by atoms with Gasteiger partial charge < -0.3 is 10.1 Å². The molecule has 8 nitrogen and oxygen atoms in total. The molecule has 9 heteroatoms. The Kier molecular flexibility index (Phi) is 6.10. The van der Waals surface area contributed by atoms with E-state index in [0.717, 1.165) is 18.9 Å². The largest absolute Gasteiger partial charge is 0.384 e. The molecule has 3 rings (SSSR count). The topological polar surface area (TPSA) is 102 Å². The van der Waals surface area contributed by atoms with Gasteiger partial charge in [0.25, 0.3) is 5.69 Å². The molecule has 1 aromatic carbocycles. The summed E-state index contributed by atoms with van der Waals surface area (Å²) in [5.74, 6) is 0.512. The average molecular weight is 383 g/mol. The highest BCUT2D eigenvalue weighted by Gasteiger charge is 2.30. The van der Waals surface area contributed by atoms with Crippen LogP contribution in [0.2, 0.25) is 0 Å². The van der Waals surface area contributed by atoms with E-state index in [2.05, 4.69) is 5.32 Å². The van der Waals surface area contributed by atoms with Crippen LogP contribution in [0.4, 0.5) is 11.4 Å². The fourth-order valence-electron chi connectivity index (χ4n) is 3.56. The van der Waals surface area contributed by atoms with Gasteiger partial charge in [-0.1, -0.05) is 19.3 Å². The number of hydrogen-bond donors (Lipinski definition) is 1. The van der Waals surface area contributed by atoms with Crippen LogP contribution in [0.5, 0.6) is 0 Å². The van der Waals surface area contributed by atoms with Crippen molar-refractivity contribution in [2.24, 2.45) is 5.92 Å². The van der Waals surface area contributed by atoms with E-state index in [1.807, 2.05) is 0 Å². The average Bonchev–Trinajstić information content (AvgIpc) is 2.67. The number of rotatable bonds is 6. The van der Waals surface area contributed by atoms with Crippen molar-refractivity contribution >= 4 is 21.4 Å². The van der Waals surface area contributed by atoms with Crippen molar-refractivity contribution in [3.63, 3.8) is 0 Å². The summed E-state index contributed by atoms with van der Waals surface area (Å²) in [4.78, 5) is 10.5. The second-order valence-electron chi connectivity index (χ2n) is 6.84. The zero-order valence-corrected chi connectivity index (χ0v) is 15.5. The van der Waals surface area contributed by atoms with Crippen molar-refractivity contribution in [2.75, 3.05) is 38.2 Å². The van der Waals surface area contributed by atoms with E-state index in [0.29, 0.717) is 31.4 Å². The number of nitrogens with zero attached hydrogens (tertiary/aromatic N) is 2. The van der Waals surface area contributed by atoms with Crippen LogP contribution in [0, 0.1) is 16.0 Å². The van der Waals surface area contributed by atoms with Crippen LogP contribution in [0.1, 0.15) is 32.1 Å². The molecule has 1 heterocycles. The zero-order chi connectivity index (χ0) is 18.6. The van der Waals surface area contributed by atoms with Crippen LogP contribution in [-0.4, -0.2) is 50.5 Å². The van der Waals surface area contributed by atoms with Gasteiger partial charge in [0.2, 0.25) is 10.0 Å². The molecular formula is C17H25N3O5S. The highest BCUT2D eigenvalue weighted by atomic mass is 32.2. The molecule has 26 heavy (non-hydrogen) atoms. The maximum absolute atomic E-state index is 13.0. The molecule has 0 atom stereocenters. The Labute approximate surface area is 153 Å². The molecule has 1 aliphatic heterocycles. The van der Waals surface area contributed by atoms with E-state index < -0.39 is 14.9 Å². The molecule has 1 aromatic rings. The Bertz CT molecular complexity index is 741. The minimum absolute atomic E-state index is 0.0237. The lowest BCUT2D eigenvalue weighted by Crippen LogP contribution is -2.40. The summed E-state index contributed by atoms with van der Waals surface area (Å²) in [5.41, 5.74) is 0.215. The Hall–Kier alpha value is -1.71. The molecule has 144 valence electrons. The molecule has 2 aliphatic rings. The Balaban J connectivity index is 1.86. The number of nitro groups is 1. The van der Waals surface area contributed by atoms with Crippen LogP contribution in [0.3, 0.4) is 0 Å². The van der Waals surface area contributed by atoms with Crippen LogP contribution >= 0.6 is 0 Å². The van der Waals surface area contributed by atoms with Gasteiger partial charge in [-0.15, -0.1) is 0 Å². The highest BCUT2D eigenvalue weighted by Crippen LogP contribution is 2.31. The number of non-ortho nitro benzene ring substituents is 1. The van der Waals surface area contributed by atoms with E-state index in [4.69, 9.17) is 4.74 Å². The van der Waals surface area contributed by atoms with Gasteiger partial charge in [0.05, 0.1) is 23.8 Å². The fraction of sp³-hybridized carbons (Fsp3) is 0.647. The lowest BCUT2D eigenvalue weighted by atomic mass is 9.89. The van der Waals surface area contributed by atoms with E-state index in [1.54, 1.807) is 0 Å². The van der Waals surface area contributed by atoms with Crippen LogP contribution in [-0.2, 0) is 14.8 Å². The van der Waals surface area contributed by atoms with Gasteiger partial charge in [0, 0.05) is 31.8 Å². The molecule has 0 radical (unpaired) electrons. The van der Waals surface area contributed by atoms with Crippen molar-refractivity contribution in [3.8, 4) is 0 Å². The second kappa shape index (κ2) is 8.32. The number of anilines is 1.